The van der Waals surface area contributed by atoms with E-state index in [1.807, 2.05) is 0 Å². The molecule has 0 heterocycles. The molecule has 0 bridgehead atoms. The third kappa shape index (κ3) is 2.91. The summed E-state index contributed by atoms with van der Waals surface area (Å²) in [5, 5.41) is 0.912. The first-order valence-corrected chi connectivity index (χ1v) is 6.67. The van der Waals surface area contributed by atoms with E-state index in [1.165, 1.54) is 0 Å². The Morgan fingerprint density at radius 1 is 1.54 bits per heavy atom. The van der Waals surface area contributed by atoms with Crippen molar-refractivity contribution in [3.8, 4) is 0 Å². The lowest BCUT2D eigenvalue weighted by molar-refractivity contribution is 0.102. The fraction of sp³-hybridized carbons (Fsp3) is 0.125. The van der Waals surface area contributed by atoms with Crippen LogP contribution in [0.15, 0.2) is 16.6 Å². The number of hydrogen-bond donors (Lipinski definition) is 0. The molecule has 0 aromatic heterocycles. The van der Waals surface area contributed by atoms with Crippen molar-refractivity contribution in [1.29, 1.82) is 0 Å². The minimum Gasteiger partial charge on any atom is -0.293 e. The molecule has 70 valence electrons. The van der Waals surface area contributed by atoms with Crippen molar-refractivity contribution in [3.63, 3.8) is 0 Å². The Balaban J connectivity index is 3.20. The Bertz CT molecular complexity index is 331. The van der Waals surface area contributed by atoms with Crippen LogP contribution in [0.4, 0.5) is 0 Å². The van der Waals surface area contributed by atoms with Gasteiger partial charge in [-0.05, 0) is 50.7 Å². The Hall–Kier alpha value is 0.870. The van der Waals surface area contributed by atoms with E-state index in [9.17, 15) is 4.79 Å². The lowest BCUT2D eigenvalue weighted by Crippen LogP contribution is -2.00. The van der Waals surface area contributed by atoms with Gasteiger partial charge in [-0.2, -0.15) is 0 Å². The highest BCUT2D eigenvalue weighted by Gasteiger charge is 2.09. The van der Waals surface area contributed by atoms with Gasteiger partial charge >= 0.3 is 0 Å². The Labute approximate surface area is 112 Å². The summed E-state index contributed by atoms with van der Waals surface area (Å²) in [6.45, 7) is 0. The maximum absolute atomic E-state index is 11.3. The number of Topliss-reactive ketones (excluding diaryl/α,β-unsaturated/α-hetero) is 1. The van der Waals surface area contributed by atoms with Gasteiger partial charge in [0, 0.05) is 13.6 Å². The number of alkyl halides is 1. The van der Waals surface area contributed by atoms with Crippen molar-refractivity contribution in [2.24, 2.45) is 0 Å². The molecule has 0 radical (unpaired) electrons. The molecule has 0 spiro atoms. The summed E-state index contributed by atoms with van der Waals surface area (Å²) in [6, 6.07) is 3.45. The van der Waals surface area contributed by atoms with Crippen molar-refractivity contribution in [2.45, 2.75) is 0 Å². The standard InChI is InChI=1S/C8H4Br2ClIO/c9-3-7(13)4-1-5(10)8(12)6(11)2-4/h1-2H,3H2. The van der Waals surface area contributed by atoms with E-state index in [0.29, 0.717) is 15.9 Å². The zero-order chi connectivity index (χ0) is 10.0. The average Bonchev–Trinajstić information content (AvgIpc) is 2.12. The molecule has 0 aliphatic carbocycles. The van der Waals surface area contributed by atoms with Crippen molar-refractivity contribution < 1.29 is 4.79 Å². The second kappa shape index (κ2) is 5.09. The molecular weight excluding hydrogens is 434 g/mol. The number of halogens is 4. The third-order valence-corrected chi connectivity index (χ3v) is 5.08. The molecule has 0 fully saturated rings. The van der Waals surface area contributed by atoms with Gasteiger partial charge in [0.15, 0.2) is 5.78 Å². The minimum atomic E-state index is 0.0269. The smallest absolute Gasteiger partial charge is 0.173 e. The molecule has 0 saturated heterocycles. The van der Waals surface area contributed by atoms with Gasteiger partial charge in [0.2, 0.25) is 0 Å². The van der Waals surface area contributed by atoms with Crippen LogP contribution in [0.5, 0.6) is 0 Å². The molecule has 1 aromatic carbocycles. The van der Waals surface area contributed by atoms with Gasteiger partial charge in [0.25, 0.3) is 0 Å². The first-order valence-electron chi connectivity index (χ1n) is 3.30. The first kappa shape index (κ1) is 11.9. The number of carbonyl (C=O) groups is 1. The highest BCUT2D eigenvalue weighted by atomic mass is 127. The first-order chi connectivity index (χ1) is 6.06. The summed E-state index contributed by atoms with van der Waals surface area (Å²) in [5.74, 6) is 0.0269. The fourth-order valence-corrected chi connectivity index (χ4v) is 2.22. The van der Waals surface area contributed by atoms with Crippen molar-refractivity contribution >= 4 is 71.8 Å². The molecule has 1 rings (SSSR count). The maximum Gasteiger partial charge on any atom is 0.173 e. The van der Waals surface area contributed by atoms with E-state index >= 15 is 0 Å². The molecule has 13 heavy (non-hydrogen) atoms. The molecule has 0 saturated carbocycles. The van der Waals surface area contributed by atoms with E-state index in [4.69, 9.17) is 11.6 Å². The van der Waals surface area contributed by atoms with Crippen LogP contribution < -0.4 is 0 Å². The molecule has 1 nitrogen and oxygen atoms in total. The SMILES string of the molecule is O=C(CBr)c1cc(Cl)c(I)c(Br)c1. The van der Waals surface area contributed by atoms with Crippen LogP contribution in [0.2, 0.25) is 5.02 Å². The van der Waals surface area contributed by atoms with Gasteiger partial charge in [0.1, 0.15) is 0 Å². The van der Waals surface area contributed by atoms with Crippen LogP contribution in [0.3, 0.4) is 0 Å². The van der Waals surface area contributed by atoms with Crippen molar-refractivity contribution in [3.05, 3.63) is 30.8 Å². The van der Waals surface area contributed by atoms with Gasteiger partial charge in [0.05, 0.1) is 10.4 Å². The van der Waals surface area contributed by atoms with Crippen LogP contribution in [-0.2, 0) is 0 Å². The van der Waals surface area contributed by atoms with Crippen LogP contribution in [-0.4, -0.2) is 11.1 Å². The second-order valence-corrected chi connectivity index (χ2v) is 5.21. The van der Waals surface area contributed by atoms with Crippen LogP contribution >= 0.6 is 66.1 Å². The highest BCUT2D eigenvalue weighted by molar-refractivity contribution is 14.1. The molecule has 0 atom stereocenters. The summed E-state index contributed by atoms with van der Waals surface area (Å²) in [6.07, 6.45) is 0. The predicted molar refractivity (Wildman–Crippen MR) is 70.0 cm³/mol. The number of hydrogen-bond acceptors (Lipinski definition) is 1. The van der Waals surface area contributed by atoms with E-state index in [0.717, 1.165) is 8.04 Å². The zero-order valence-electron chi connectivity index (χ0n) is 6.28. The predicted octanol–water partition coefficient (Wildman–Crippen LogP) is 4.28. The number of carbonyl (C=O) groups excluding carboxylic acids is 1. The molecule has 0 unspecified atom stereocenters. The summed E-state index contributed by atoms with van der Waals surface area (Å²) in [4.78, 5) is 11.3. The Morgan fingerprint density at radius 3 is 2.62 bits per heavy atom. The van der Waals surface area contributed by atoms with E-state index in [2.05, 4.69) is 54.5 Å². The van der Waals surface area contributed by atoms with E-state index in [-0.39, 0.29) is 5.78 Å². The normalized spacial score (nSPS) is 10.2. The van der Waals surface area contributed by atoms with E-state index < -0.39 is 0 Å². The Kier molecular flexibility index (Phi) is 4.68. The van der Waals surface area contributed by atoms with Gasteiger partial charge in [-0.15, -0.1) is 0 Å². The summed E-state index contributed by atoms with van der Waals surface area (Å²) in [7, 11) is 0. The van der Waals surface area contributed by atoms with Crippen LogP contribution in [0, 0.1) is 3.57 Å². The molecule has 0 N–H and O–H groups in total. The average molecular weight is 438 g/mol. The maximum atomic E-state index is 11.3. The summed E-state index contributed by atoms with van der Waals surface area (Å²) < 4.78 is 1.77. The molecule has 0 aliphatic rings. The van der Waals surface area contributed by atoms with Gasteiger partial charge < -0.3 is 0 Å². The molecular formula is C8H4Br2ClIO. The quantitative estimate of drug-likeness (QED) is 0.292. The molecule has 0 amide bonds. The lowest BCUT2D eigenvalue weighted by atomic mass is 10.1. The van der Waals surface area contributed by atoms with Crippen molar-refractivity contribution in [2.75, 3.05) is 5.33 Å². The fourth-order valence-electron chi connectivity index (χ4n) is 0.794. The number of ketones is 1. The molecule has 0 aliphatic heterocycles. The summed E-state index contributed by atoms with van der Waals surface area (Å²) >= 11 is 14.5. The molecule has 1 aromatic rings. The number of rotatable bonds is 2. The monoisotopic (exact) mass is 436 g/mol. The largest absolute Gasteiger partial charge is 0.293 e. The van der Waals surface area contributed by atoms with Crippen molar-refractivity contribution in [1.82, 2.24) is 0 Å². The Morgan fingerprint density at radius 2 is 2.15 bits per heavy atom. The van der Waals surface area contributed by atoms with Gasteiger partial charge in [-0.3, -0.25) is 4.79 Å². The third-order valence-electron chi connectivity index (χ3n) is 1.43. The lowest BCUT2D eigenvalue weighted by Gasteiger charge is -2.03. The van der Waals surface area contributed by atoms with Gasteiger partial charge in [-0.25, -0.2) is 0 Å². The topological polar surface area (TPSA) is 17.1 Å². The zero-order valence-corrected chi connectivity index (χ0v) is 12.4. The second-order valence-electron chi connectivity index (χ2n) is 2.31. The molecule has 5 heteroatoms. The minimum absolute atomic E-state index is 0.0269. The summed E-state index contributed by atoms with van der Waals surface area (Å²) in [5.41, 5.74) is 0.620. The van der Waals surface area contributed by atoms with Crippen LogP contribution in [0.1, 0.15) is 10.4 Å². The van der Waals surface area contributed by atoms with Crippen LogP contribution in [0.25, 0.3) is 0 Å². The van der Waals surface area contributed by atoms with E-state index in [1.54, 1.807) is 12.1 Å². The van der Waals surface area contributed by atoms with Gasteiger partial charge in [-0.1, -0.05) is 27.5 Å². The highest BCUT2D eigenvalue weighted by Crippen LogP contribution is 2.28. The number of benzene rings is 1.